The Morgan fingerprint density at radius 3 is 2.48 bits per heavy atom. The van der Waals surface area contributed by atoms with Gasteiger partial charge in [0, 0.05) is 11.5 Å². The fraction of sp³-hybridized carbons (Fsp3) is 0.312. The number of carbonyl (C=O) groups is 2. The van der Waals surface area contributed by atoms with Gasteiger partial charge in [-0.1, -0.05) is 0 Å². The summed E-state index contributed by atoms with van der Waals surface area (Å²) < 4.78 is 10.9. The van der Waals surface area contributed by atoms with E-state index in [0.717, 1.165) is 10.9 Å². The summed E-state index contributed by atoms with van der Waals surface area (Å²) in [6, 6.07) is 4.88. The molecule has 0 aliphatic carbocycles. The van der Waals surface area contributed by atoms with Crippen molar-refractivity contribution in [3.8, 4) is 5.75 Å². The van der Waals surface area contributed by atoms with Gasteiger partial charge in [0.25, 0.3) is 0 Å². The van der Waals surface area contributed by atoms with E-state index in [1.54, 1.807) is 19.1 Å². The molecule has 21 heavy (non-hydrogen) atoms. The van der Waals surface area contributed by atoms with Gasteiger partial charge in [0.1, 0.15) is 17.1 Å². The number of benzene rings is 1. The lowest BCUT2D eigenvalue weighted by molar-refractivity contribution is -0.129. The third-order valence-electron chi connectivity index (χ3n) is 3.82. The Morgan fingerprint density at radius 1 is 1.14 bits per heavy atom. The number of aryl methyl sites for hydroxylation is 1. The van der Waals surface area contributed by atoms with Crippen LogP contribution in [0.2, 0.25) is 0 Å². The SMILES string of the molecule is CC(=O)C1Oc2ccc3c(C)cc(=O)oc3c2C1C(C)=O. The van der Waals surface area contributed by atoms with E-state index in [0.29, 0.717) is 16.9 Å². The molecule has 2 atom stereocenters. The van der Waals surface area contributed by atoms with Crippen molar-refractivity contribution in [3.05, 3.63) is 39.7 Å². The van der Waals surface area contributed by atoms with Gasteiger partial charge in [0.05, 0.1) is 11.5 Å². The molecule has 0 saturated heterocycles. The van der Waals surface area contributed by atoms with E-state index in [9.17, 15) is 14.4 Å². The highest BCUT2D eigenvalue weighted by molar-refractivity contribution is 5.99. The lowest BCUT2D eigenvalue weighted by Gasteiger charge is -2.13. The van der Waals surface area contributed by atoms with Crippen LogP contribution >= 0.6 is 0 Å². The van der Waals surface area contributed by atoms with E-state index in [4.69, 9.17) is 9.15 Å². The highest BCUT2D eigenvalue weighted by atomic mass is 16.5. The summed E-state index contributed by atoms with van der Waals surface area (Å²) >= 11 is 0. The molecule has 5 nitrogen and oxygen atoms in total. The van der Waals surface area contributed by atoms with Gasteiger partial charge in [-0.15, -0.1) is 0 Å². The minimum absolute atomic E-state index is 0.189. The molecular formula is C16H14O5. The zero-order chi connectivity index (χ0) is 15.3. The molecule has 0 bridgehead atoms. The molecule has 108 valence electrons. The van der Waals surface area contributed by atoms with E-state index < -0.39 is 17.6 Å². The molecule has 0 radical (unpaired) electrons. The highest BCUT2D eigenvalue weighted by Crippen LogP contribution is 2.43. The Morgan fingerprint density at radius 2 is 1.86 bits per heavy atom. The Bertz CT molecular complexity index is 830. The lowest BCUT2D eigenvalue weighted by atomic mass is 9.88. The van der Waals surface area contributed by atoms with E-state index in [2.05, 4.69) is 0 Å². The molecule has 5 heteroatoms. The zero-order valence-electron chi connectivity index (χ0n) is 11.9. The Balaban J connectivity index is 2.37. The number of hydrogen-bond acceptors (Lipinski definition) is 5. The molecule has 0 fully saturated rings. The third-order valence-corrected chi connectivity index (χ3v) is 3.82. The second kappa shape index (κ2) is 4.55. The molecule has 3 rings (SSSR count). The van der Waals surface area contributed by atoms with E-state index >= 15 is 0 Å². The van der Waals surface area contributed by atoms with E-state index in [1.807, 2.05) is 0 Å². The van der Waals surface area contributed by atoms with Gasteiger partial charge in [0.2, 0.25) is 0 Å². The molecule has 0 spiro atoms. The van der Waals surface area contributed by atoms with Crippen molar-refractivity contribution >= 4 is 22.5 Å². The first-order valence-corrected chi connectivity index (χ1v) is 6.65. The maximum absolute atomic E-state index is 12.0. The third kappa shape index (κ3) is 1.96. The molecule has 2 aromatic rings. The first kappa shape index (κ1) is 13.5. The van der Waals surface area contributed by atoms with Gasteiger partial charge < -0.3 is 9.15 Å². The van der Waals surface area contributed by atoms with Crippen molar-refractivity contribution in [2.45, 2.75) is 32.8 Å². The van der Waals surface area contributed by atoms with Crippen molar-refractivity contribution in [1.29, 1.82) is 0 Å². The Hall–Kier alpha value is -2.43. The highest BCUT2D eigenvalue weighted by Gasteiger charge is 2.42. The number of fused-ring (bicyclic) bond motifs is 3. The number of carbonyl (C=O) groups excluding carboxylic acids is 2. The first-order chi connectivity index (χ1) is 9.90. The normalized spacial score (nSPS) is 20.1. The van der Waals surface area contributed by atoms with E-state index in [1.165, 1.54) is 19.9 Å². The van der Waals surface area contributed by atoms with Crippen LogP contribution in [0.25, 0.3) is 11.0 Å². The van der Waals surface area contributed by atoms with Crippen LogP contribution in [0.5, 0.6) is 5.75 Å². The van der Waals surface area contributed by atoms with Crippen molar-refractivity contribution in [3.63, 3.8) is 0 Å². The monoisotopic (exact) mass is 286 g/mol. The van der Waals surface area contributed by atoms with Crippen molar-refractivity contribution in [2.24, 2.45) is 0 Å². The van der Waals surface area contributed by atoms with Crippen LogP contribution in [-0.4, -0.2) is 17.7 Å². The molecule has 1 aromatic carbocycles. The van der Waals surface area contributed by atoms with Crippen LogP contribution in [0.1, 0.15) is 30.9 Å². The Labute approximate surface area is 120 Å². The minimum atomic E-state index is -0.853. The van der Waals surface area contributed by atoms with Crippen molar-refractivity contribution in [1.82, 2.24) is 0 Å². The van der Waals surface area contributed by atoms with Crippen molar-refractivity contribution < 1.29 is 18.7 Å². The molecule has 0 N–H and O–H groups in total. The number of ether oxygens (including phenoxy) is 1. The van der Waals surface area contributed by atoms with Gasteiger partial charge in [-0.2, -0.15) is 0 Å². The number of rotatable bonds is 2. The summed E-state index contributed by atoms with van der Waals surface area (Å²) in [5.41, 5.74) is 1.11. The fourth-order valence-electron chi connectivity index (χ4n) is 2.87. The predicted molar refractivity (Wildman–Crippen MR) is 75.7 cm³/mol. The summed E-state index contributed by atoms with van der Waals surface area (Å²) in [6.07, 6.45) is -0.853. The summed E-state index contributed by atoms with van der Waals surface area (Å²) in [4.78, 5) is 35.4. The number of Topliss-reactive ketones (excluding diaryl/α,β-unsaturated/α-hetero) is 2. The van der Waals surface area contributed by atoms with Crippen LogP contribution in [0.4, 0.5) is 0 Å². The summed E-state index contributed by atoms with van der Waals surface area (Å²) in [5.74, 6) is -0.719. The number of ketones is 2. The molecule has 1 aromatic heterocycles. The average molecular weight is 286 g/mol. The zero-order valence-corrected chi connectivity index (χ0v) is 11.9. The van der Waals surface area contributed by atoms with Crippen LogP contribution in [0, 0.1) is 6.92 Å². The van der Waals surface area contributed by atoms with E-state index in [-0.39, 0.29) is 11.6 Å². The largest absolute Gasteiger partial charge is 0.481 e. The summed E-state index contributed by atoms with van der Waals surface area (Å²) in [7, 11) is 0. The van der Waals surface area contributed by atoms with Crippen LogP contribution < -0.4 is 10.4 Å². The minimum Gasteiger partial charge on any atom is -0.481 e. The van der Waals surface area contributed by atoms with Crippen LogP contribution in [0.3, 0.4) is 0 Å². The number of hydrogen-bond donors (Lipinski definition) is 0. The quantitative estimate of drug-likeness (QED) is 0.791. The first-order valence-electron chi connectivity index (χ1n) is 6.65. The molecule has 1 aliphatic heterocycles. The standard InChI is InChI=1S/C16H14O5/c1-7-6-12(19)21-16-10(7)4-5-11-14(16)13(8(2)17)15(20-11)9(3)18/h4-6,13,15H,1-3H3. The molecule has 0 amide bonds. The van der Waals surface area contributed by atoms with Crippen molar-refractivity contribution in [2.75, 3.05) is 0 Å². The smallest absolute Gasteiger partial charge is 0.336 e. The van der Waals surface area contributed by atoms with Gasteiger partial charge >= 0.3 is 5.63 Å². The van der Waals surface area contributed by atoms with Gasteiger partial charge in [-0.05, 0) is 38.5 Å². The lowest BCUT2D eigenvalue weighted by Crippen LogP contribution is -2.30. The topological polar surface area (TPSA) is 73.6 Å². The summed E-state index contributed by atoms with van der Waals surface area (Å²) in [6.45, 7) is 4.59. The molecule has 0 saturated carbocycles. The maximum Gasteiger partial charge on any atom is 0.336 e. The predicted octanol–water partition coefficient (Wildman–Crippen LogP) is 2.12. The van der Waals surface area contributed by atoms with Gasteiger partial charge in [0.15, 0.2) is 11.9 Å². The fourth-order valence-corrected chi connectivity index (χ4v) is 2.87. The van der Waals surface area contributed by atoms with Crippen LogP contribution in [-0.2, 0) is 9.59 Å². The average Bonchev–Trinajstić information content (AvgIpc) is 2.78. The molecular weight excluding hydrogens is 272 g/mol. The van der Waals surface area contributed by atoms with Gasteiger partial charge in [-0.3, -0.25) is 9.59 Å². The molecule has 2 unspecified atom stereocenters. The van der Waals surface area contributed by atoms with Gasteiger partial charge in [-0.25, -0.2) is 4.79 Å². The second-order valence-electron chi connectivity index (χ2n) is 5.34. The second-order valence-corrected chi connectivity index (χ2v) is 5.34. The Kier molecular flexibility index (Phi) is 2.93. The molecule has 2 heterocycles. The summed E-state index contributed by atoms with van der Waals surface area (Å²) in [5, 5.41) is 0.743. The maximum atomic E-state index is 12.0. The molecule has 1 aliphatic rings. The van der Waals surface area contributed by atoms with Crippen LogP contribution in [0.15, 0.2) is 27.4 Å².